The lowest BCUT2D eigenvalue weighted by molar-refractivity contribution is 0.566. The average Bonchev–Trinajstić information content (AvgIpc) is 2.17. The van der Waals surface area contributed by atoms with Gasteiger partial charge in [0.25, 0.3) is 0 Å². The van der Waals surface area contributed by atoms with Crippen molar-refractivity contribution in [3.8, 4) is 0 Å². The van der Waals surface area contributed by atoms with Gasteiger partial charge in [-0.1, -0.05) is 13.8 Å². The van der Waals surface area contributed by atoms with Gasteiger partial charge in [0.15, 0.2) is 0 Å². The van der Waals surface area contributed by atoms with Crippen LogP contribution in [0, 0.1) is 11.7 Å². The number of halogens is 2. The highest BCUT2D eigenvalue weighted by atomic mass is 79.9. The van der Waals surface area contributed by atoms with E-state index in [9.17, 15) is 4.39 Å². The lowest BCUT2D eigenvalue weighted by Crippen LogP contribution is -2.03. The molecule has 0 amide bonds. The maximum atomic E-state index is 12.9. The molecule has 0 spiro atoms. The molecule has 0 bridgehead atoms. The first-order valence-corrected chi connectivity index (χ1v) is 6.08. The third-order valence-electron chi connectivity index (χ3n) is 2.20. The molecule has 0 saturated carbocycles. The summed E-state index contributed by atoms with van der Waals surface area (Å²) in [6.45, 7) is 5.30. The molecule has 0 aromatic heterocycles. The molecule has 1 nitrogen and oxygen atoms in total. The van der Waals surface area contributed by atoms with E-state index in [1.165, 1.54) is 18.6 Å². The summed E-state index contributed by atoms with van der Waals surface area (Å²) < 4.78 is 13.8. The molecule has 1 rings (SSSR count). The fourth-order valence-electron chi connectivity index (χ4n) is 1.37. The van der Waals surface area contributed by atoms with E-state index in [1.807, 2.05) is 0 Å². The molecule has 0 saturated heterocycles. The monoisotopic (exact) mass is 273 g/mol. The summed E-state index contributed by atoms with van der Waals surface area (Å²) >= 11 is 3.38. The summed E-state index contributed by atoms with van der Waals surface area (Å²) in [6.07, 6.45) is 2.31. The number of hydrogen-bond acceptors (Lipinski definition) is 1. The minimum atomic E-state index is -0.204. The van der Waals surface area contributed by atoms with Crippen molar-refractivity contribution in [1.82, 2.24) is 0 Å². The summed E-state index contributed by atoms with van der Waals surface area (Å²) in [5.41, 5.74) is 0.832. The van der Waals surface area contributed by atoms with Gasteiger partial charge in [0.1, 0.15) is 5.82 Å². The number of rotatable bonds is 5. The van der Waals surface area contributed by atoms with Crippen molar-refractivity contribution in [2.24, 2.45) is 5.92 Å². The zero-order valence-electron chi connectivity index (χ0n) is 9.19. The summed E-state index contributed by atoms with van der Waals surface area (Å²) in [5, 5.41) is 3.22. The summed E-state index contributed by atoms with van der Waals surface area (Å²) in [4.78, 5) is 0. The molecule has 15 heavy (non-hydrogen) atoms. The van der Waals surface area contributed by atoms with Crippen LogP contribution in [0.5, 0.6) is 0 Å². The molecule has 1 N–H and O–H groups in total. The van der Waals surface area contributed by atoms with Crippen LogP contribution in [0.15, 0.2) is 22.7 Å². The minimum absolute atomic E-state index is 0.204. The molecule has 1 aromatic rings. The predicted octanol–water partition coefficient (Wildman–Crippen LogP) is 4.44. The Labute approximate surface area is 99.2 Å². The van der Waals surface area contributed by atoms with Crippen molar-refractivity contribution in [1.29, 1.82) is 0 Å². The topological polar surface area (TPSA) is 12.0 Å². The third-order valence-corrected chi connectivity index (χ3v) is 2.89. The van der Waals surface area contributed by atoms with Crippen LogP contribution in [0.3, 0.4) is 0 Å². The maximum absolute atomic E-state index is 12.9. The van der Waals surface area contributed by atoms with Gasteiger partial charge in [-0.05, 0) is 52.9 Å². The molecule has 0 aliphatic rings. The van der Waals surface area contributed by atoms with Crippen molar-refractivity contribution >= 4 is 21.6 Å². The zero-order chi connectivity index (χ0) is 11.3. The van der Waals surface area contributed by atoms with Crippen LogP contribution in [0.1, 0.15) is 26.7 Å². The van der Waals surface area contributed by atoms with Crippen molar-refractivity contribution in [2.45, 2.75) is 26.7 Å². The van der Waals surface area contributed by atoms with E-state index in [4.69, 9.17) is 0 Å². The van der Waals surface area contributed by atoms with Crippen molar-refractivity contribution in [3.63, 3.8) is 0 Å². The molecular weight excluding hydrogens is 257 g/mol. The molecule has 1 aromatic carbocycles. The van der Waals surface area contributed by atoms with Gasteiger partial charge in [-0.15, -0.1) is 0 Å². The second-order valence-electron chi connectivity index (χ2n) is 4.09. The zero-order valence-corrected chi connectivity index (χ0v) is 10.8. The molecule has 0 unspecified atom stereocenters. The molecule has 0 aliphatic carbocycles. The van der Waals surface area contributed by atoms with Gasteiger partial charge >= 0.3 is 0 Å². The normalized spacial score (nSPS) is 10.7. The van der Waals surface area contributed by atoms with Crippen LogP contribution in [-0.2, 0) is 0 Å². The van der Waals surface area contributed by atoms with Crippen LogP contribution in [-0.4, -0.2) is 6.54 Å². The Kier molecular flexibility index (Phi) is 5.09. The Morgan fingerprint density at radius 2 is 2.13 bits per heavy atom. The van der Waals surface area contributed by atoms with E-state index in [-0.39, 0.29) is 5.82 Å². The molecule has 0 aliphatic heterocycles. The number of benzene rings is 1. The molecule has 3 heteroatoms. The highest BCUT2D eigenvalue weighted by molar-refractivity contribution is 9.10. The fourth-order valence-corrected chi connectivity index (χ4v) is 1.75. The largest absolute Gasteiger partial charge is 0.384 e. The summed E-state index contributed by atoms with van der Waals surface area (Å²) in [6, 6.07) is 4.68. The van der Waals surface area contributed by atoms with Gasteiger partial charge < -0.3 is 5.32 Å². The van der Waals surface area contributed by atoms with Gasteiger partial charge in [-0.3, -0.25) is 0 Å². The quantitative estimate of drug-likeness (QED) is 0.783. The second-order valence-corrected chi connectivity index (χ2v) is 4.94. The third kappa shape index (κ3) is 4.65. The SMILES string of the molecule is CC(C)CCCNc1cc(F)ccc1Br. The number of nitrogens with one attached hydrogen (secondary N) is 1. The van der Waals surface area contributed by atoms with E-state index in [2.05, 4.69) is 35.1 Å². The molecule has 0 fully saturated rings. The lowest BCUT2D eigenvalue weighted by atomic mass is 10.1. The smallest absolute Gasteiger partial charge is 0.125 e. The van der Waals surface area contributed by atoms with Crippen molar-refractivity contribution < 1.29 is 4.39 Å². The van der Waals surface area contributed by atoms with Crippen LogP contribution in [0.4, 0.5) is 10.1 Å². The van der Waals surface area contributed by atoms with Crippen LogP contribution in [0.2, 0.25) is 0 Å². The Balaban J connectivity index is 2.40. The maximum Gasteiger partial charge on any atom is 0.125 e. The van der Waals surface area contributed by atoms with E-state index in [1.54, 1.807) is 6.07 Å². The highest BCUT2D eigenvalue weighted by Gasteiger charge is 2.01. The molecule has 84 valence electrons. The lowest BCUT2D eigenvalue weighted by Gasteiger charge is -2.09. The Bertz CT molecular complexity index is 312. The Morgan fingerprint density at radius 1 is 1.40 bits per heavy atom. The Morgan fingerprint density at radius 3 is 2.80 bits per heavy atom. The summed E-state index contributed by atoms with van der Waals surface area (Å²) in [5.74, 6) is 0.521. The highest BCUT2D eigenvalue weighted by Crippen LogP contribution is 2.23. The fraction of sp³-hybridized carbons (Fsp3) is 0.500. The first kappa shape index (κ1) is 12.5. The second kappa shape index (κ2) is 6.11. The number of anilines is 1. The van der Waals surface area contributed by atoms with Gasteiger partial charge in [0, 0.05) is 11.0 Å². The van der Waals surface area contributed by atoms with E-state index in [0.717, 1.165) is 29.0 Å². The van der Waals surface area contributed by atoms with Crippen molar-refractivity contribution in [2.75, 3.05) is 11.9 Å². The van der Waals surface area contributed by atoms with Gasteiger partial charge in [-0.25, -0.2) is 4.39 Å². The van der Waals surface area contributed by atoms with Gasteiger partial charge in [-0.2, -0.15) is 0 Å². The van der Waals surface area contributed by atoms with E-state index >= 15 is 0 Å². The standard InChI is InChI=1S/C12H17BrFN/c1-9(2)4-3-7-15-12-8-10(14)5-6-11(12)13/h5-6,8-9,15H,3-4,7H2,1-2H3. The first-order valence-electron chi connectivity index (χ1n) is 5.28. The van der Waals surface area contributed by atoms with Gasteiger partial charge in [0.05, 0.1) is 5.69 Å². The van der Waals surface area contributed by atoms with Gasteiger partial charge in [0.2, 0.25) is 0 Å². The minimum Gasteiger partial charge on any atom is -0.384 e. The Hall–Kier alpha value is -0.570. The average molecular weight is 274 g/mol. The van der Waals surface area contributed by atoms with Crippen LogP contribution >= 0.6 is 15.9 Å². The van der Waals surface area contributed by atoms with Crippen LogP contribution in [0.25, 0.3) is 0 Å². The molecular formula is C12H17BrFN. The van der Waals surface area contributed by atoms with E-state index in [0.29, 0.717) is 0 Å². The first-order chi connectivity index (χ1) is 7.09. The summed E-state index contributed by atoms with van der Waals surface area (Å²) in [7, 11) is 0. The predicted molar refractivity (Wildman–Crippen MR) is 66.7 cm³/mol. The van der Waals surface area contributed by atoms with Crippen LogP contribution < -0.4 is 5.32 Å². The molecule has 0 heterocycles. The van der Waals surface area contributed by atoms with E-state index < -0.39 is 0 Å². The molecule has 0 atom stereocenters. The molecule has 0 radical (unpaired) electrons. The van der Waals surface area contributed by atoms with Crippen molar-refractivity contribution in [3.05, 3.63) is 28.5 Å². The number of hydrogen-bond donors (Lipinski definition) is 1.